The molecule has 0 radical (unpaired) electrons. The number of hydrogen-bond donors (Lipinski definition) is 0. The number of aromatic nitrogens is 1. The maximum Gasteiger partial charge on any atom is 0.343 e. The number of rotatable bonds is 6. The first-order valence-electron chi connectivity index (χ1n) is 17.7. The van der Waals surface area contributed by atoms with Crippen LogP contribution >= 0.6 is 0 Å². The van der Waals surface area contributed by atoms with E-state index in [0.29, 0.717) is 11.3 Å². The number of benzene rings is 8. The molecule has 10 aromatic rings. The zero-order valence-corrected chi connectivity index (χ0v) is 28.6. The highest BCUT2D eigenvalue weighted by atomic mass is 16.5. The summed E-state index contributed by atoms with van der Waals surface area (Å²) in [4.78, 5) is 13.5. The highest BCUT2D eigenvalue weighted by Gasteiger charge is 2.17. The number of furan rings is 1. The number of fused-ring (bicyclic) bond motifs is 6. The Morgan fingerprint density at radius 1 is 0.415 bits per heavy atom. The van der Waals surface area contributed by atoms with Gasteiger partial charge in [0.15, 0.2) is 0 Å². The van der Waals surface area contributed by atoms with Crippen molar-refractivity contribution in [3.8, 4) is 44.8 Å². The highest BCUT2D eigenvalue weighted by Crippen LogP contribution is 2.38. The third kappa shape index (κ3) is 5.45. The van der Waals surface area contributed by atoms with Crippen LogP contribution in [0.15, 0.2) is 192 Å². The number of carbonyl (C=O) groups excluding carboxylic acids is 1. The Hall–Kier alpha value is -7.17. The maximum atomic E-state index is 13.5. The second-order valence-electron chi connectivity index (χ2n) is 13.3. The largest absolute Gasteiger partial charge is 0.456 e. The van der Waals surface area contributed by atoms with Crippen molar-refractivity contribution in [1.29, 1.82) is 0 Å². The van der Waals surface area contributed by atoms with Gasteiger partial charge in [-0.2, -0.15) is 0 Å². The molecule has 250 valence electrons. The summed E-state index contributed by atoms with van der Waals surface area (Å²) >= 11 is 0. The quantitative estimate of drug-likeness (QED) is 0.130. The number of hydrogen-bond acceptors (Lipinski definition) is 3. The lowest BCUT2D eigenvalue weighted by molar-refractivity contribution is 0.0735. The van der Waals surface area contributed by atoms with E-state index in [0.717, 1.165) is 60.9 Å². The molecule has 0 bridgehead atoms. The predicted octanol–water partition coefficient (Wildman–Crippen LogP) is 12.9. The molecule has 2 aromatic heterocycles. The molecule has 0 atom stereocenters. The van der Waals surface area contributed by atoms with Crippen LogP contribution in [0, 0.1) is 0 Å². The number of carbonyl (C=O) groups is 1. The molecule has 10 rings (SSSR count). The molecule has 0 fully saturated rings. The molecule has 4 nitrogen and oxygen atoms in total. The second-order valence-corrected chi connectivity index (χ2v) is 13.3. The second kappa shape index (κ2) is 12.6. The molecule has 4 heteroatoms. The van der Waals surface area contributed by atoms with Crippen LogP contribution in [0.1, 0.15) is 10.4 Å². The molecule has 8 aromatic carbocycles. The van der Waals surface area contributed by atoms with Gasteiger partial charge in [0.2, 0.25) is 0 Å². The third-order valence-electron chi connectivity index (χ3n) is 10.1. The zero-order chi connectivity index (χ0) is 35.3. The summed E-state index contributed by atoms with van der Waals surface area (Å²) < 4.78 is 14.6. The fraction of sp³-hybridized carbons (Fsp3) is 0. The van der Waals surface area contributed by atoms with Gasteiger partial charge in [-0.1, -0.05) is 115 Å². The van der Waals surface area contributed by atoms with Crippen molar-refractivity contribution in [2.24, 2.45) is 0 Å². The summed E-state index contributed by atoms with van der Waals surface area (Å²) in [6, 6.07) is 63.8. The number of para-hydroxylation sites is 1. The topological polar surface area (TPSA) is 44.4 Å². The van der Waals surface area contributed by atoms with Gasteiger partial charge in [0.1, 0.15) is 16.9 Å². The van der Waals surface area contributed by atoms with E-state index in [2.05, 4.69) is 114 Å². The number of esters is 1. The molecule has 0 spiro atoms. The third-order valence-corrected chi connectivity index (χ3v) is 10.1. The molecule has 0 aliphatic carbocycles. The SMILES string of the molecule is O=C(Oc1ccc2oc3ccc(-n4c5ccccc5c5cc(-c6ccccc6)ccc54)cc3c2c1)c1cccc(-c2cccc(-c3ccccc3)c2)c1. The summed E-state index contributed by atoms with van der Waals surface area (Å²) in [5.41, 5.74) is 11.9. The first kappa shape index (κ1) is 30.6. The smallest absolute Gasteiger partial charge is 0.343 e. The van der Waals surface area contributed by atoms with Crippen LogP contribution < -0.4 is 4.74 Å². The normalized spacial score (nSPS) is 11.5. The lowest BCUT2D eigenvalue weighted by Gasteiger charge is -2.09. The maximum absolute atomic E-state index is 13.5. The molecule has 0 aliphatic rings. The highest BCUT2D eigenvalue weighted by molar-refractivity contribution is 6.11. The van der Waals surface area contributed by atoms with Crippen LogP contribution in [-0.4, -0.2) is 10.5 Å². The summed E-state index contributed by atoms with van der Waals surface area (Å²) in [6.45, 7) is 0. The van der Waals surface area contributed by atoms with Gasteiger partial charge in [-0.25, -0.2) is 4.79 Å². The van der Waals surface area contributed by atoms with Crippen LogP contribution in [0.3, 0.4) is 0 Å². The van der Waals surface area contributed by atoms with E-state index < -0.39 is 5.97 Å². The fourth-order valence-electron chi connectivity index (χ4n) is 7.51. The minimum absolute atomic E-state index is 0.418. The average molecular weight is 682 g/mol. The Labute approximate surface area is 305 Å². The fourth-order valence-corrected chi connectivity index (χ4v) is 7.51. The molecule has 0 unspecified atom stereocenters. The van der Waals surface area contributed by atoms with Gasteiger partial charge in [-0.3, -0.25) is 0 Å². The minimum atomic E-state index is -0.418. The van der Waals surface area contributed by atoms with Crippen molar-refractivity contribution in [1.82, 2.24) is 4.57 Å². The van der Waals surface area contributed by atoms with Crippen LogP contribution in [0.2, 0.25) is 0 Å². The Balaban J connectivity index is 0.993. The molecule has 0 N–H and O–H groups in total. The molecule has 0 saturated heterocycles. The Kier molecular flexibility index (Phi) is 7.26. The monoisotopic (exact) mass is 681 g/mol. The standard InChI is InChI=1S/C49H31NO3/c51-49(38-18-10-17-36(28-38)35-16-9-15-34(27-35)32-11-3-1-4-12-32)52-40-23-26-48-44(31-40)43-30-39(22-25-47(43)53-48)50-45-20-8-7-19-41(45)42-29-37(21-24-46(42)50)33-13-5-2-6-14-33/h1-31H. The van der Waals surface area contributed by atoms with E-state index in [-0.39, 0.29) is 0 Å². The van der Waals surface area contributed by atoms with Crippen molar-refractivity contribution in [3.05, 3.63) is 194 Å². The summed E-state index contributed by atoms with van der Waals surface area (Å²) in [7, 11) is 0. The van der Waals surface area contributed by atoms with Crippen molar-refractivity contribution in [2.75, 3.05) is 0 Å². The van der Waals surface area contributed by atoms with E-state index in [4.69, 9.17) is 9.15 Å². The Morgan fingerprint density at radius 2 is 1.00 bits per heavy atom. The van der Waals surface area contributed by atoms with E-state index in [1.165, 1.54) is 21.9 Å². The van der Waals surface area contributed by atoms with Crippen LogP contribution in [-0.2, 0) is 0 Å². The van der Waals surface area contributed by atoms with Crippen molar-refractivity contribution in [3.63, 3.8) is 0 Å². The summed E-state index contributed by atoms with van der Waals surface area (Å²) in [6.07, 6.45) is 0. The van der Waals surface area contributed by atoms with E-state index in [1.54, 1.807) is 12.1 Å². The van der Waals surface area contributed by atoms with E-state index >= 15 is 0 Å². The molecule has 0 saturated carbocycles. The van der Waals surface area contributed by atoms with Crippen LogP contribution in [0.4, 0.5) is 0 Å². The van der Waals surface area contributed by atoms with Crippen molar-refractivity contribution < 1.29 is 13.9 Å². The first-order chi connectivity index (χ1) is 26.2. The zero-order valence-electron chi connectivity index (χ0n) is 28.6. The average Bonchev–Trinajstić information content (AvgIpc) is 3.76. The van der Waals surface area contributed by atoms with Gasteiger partial charge in [0.25, 0.3) is 0 Å². The lowest BCUT2D eigenvalue weighted by Crippen LogP contribution is -2.08. The van der Waals surface area contributed by atoms with Gasteiger partial charge in [-0.05, 0) is 106 Å². The molecule has 2 heterocycles. The minimum Gasteiger partial charge on any atom is -0.456 e. The lowest BCUT2D eigenvalue weighted by atomic mass is 9.98. The summed E-state index contributed by atoms with van der Waals surface area (Å²) in [5, 5.41) is 4.22. The Bertz CT molecular complexity index is 2990. The summed E-state index contributed by atoms with van der Waals surface area (Å²) in [5.74, 6) is 0.0384. The molecule has 53 heavy (non-hydrogen) atoms. The van der Waals surface area contributed by atoms with Gasteiger partial charge < -0.3 is 13.7 Å². The van der Waals surface area contributed by atoms with Gasteiger partial charge in [0.05, 0.1) is 16.6 Å². The Morgan fingerprint density at radius 3 is 1.77 bits per heavy atom. The van der Waals surface area contributed by atoms with Crippen LogP contribution in [0.25, 0.3) is 82.8 Å². The van der Waals surface area contributed by atoms with E-state index in [1.807, 2.05) is 66.7 Å². The molecule has 0 aliphatic heterocycles. The molecular weight excluding hydrogens is 651 g/mol. The number of nitrogens with zero attached hydrogens (tertiary/aromatic N) is 1. The predicted molar refractivity (Wildman–Crippen MR) is 216 cm³/mol. The van der Waals surface area contributed by atoms with Gasteiger partial charge in [-0.15, -0.1) is 0 Å². The van der Waals surface area contributed by atoms with Crippen molar-refractivity contribution in [2.45, 2.75) is 0 Å². The van der Waals surface area contributed by atoms with Gasteiger partial charge in [0, 0.05) is 27.2 Å². The first-order valence-corrected chi connectivity index (χ1v) is 17.7. The van der Waals surface area contributed by atoms with Crippen LogP contribution in [0.5, 0.6) is 5.75 Å². The van der Waals surface area contributed by atoms with Crippen molar-refractivity contribution >= 4 is 49.7 Å². The molecular formula is C49H31NO3. The number of ether oxygens (including phenoxy) is 1. The molecule has 0 amide bonds. The van der Waals surface area contributed by atoms with Gasteiger partial charge >= 0.3 is 5.97 Å². The van der Waals surface area contributed by atoms with E-state index in [9.17, 15) is 4.79 Å².